The summed E-state index contributed by atoms with van der Waals surface area (Å²) in [5.41, 5.74) is 3.30. The Labute approximate surface area is 118 Å². The van der Waals surface area contributed by atoms with Crippen molar-refractivity contribution in [3.63, 3.8) is 0 Å². The molecule has 0 aliphatic rings. The average molecular weight is 264 g/mol. The van der Waals surface area contributed by atoms with Gasteiger partial charge in [-0.25, -0.2) is 4.68 Å². The van der Waals surface area contributed by atoms with E-state index in [1.165, 1.54) is 5.56 Å². The molecule has 100 valence electrons. The molecule has 2 heterocycles. The molecule has 4 heteroatoms. The average Bonchev–Trinajstić information content (AvgIpc) is 3.03. The van der Waals surface area contributed by atoms with Crippen LogP contribution in [0.2, 0.25) is 0 Å². The SMILES string of the molecule is CC(Nc1ccccc1-n1cccn1)c1ccncc1. The number of benzene rings is 1. The quantitative estimate of drug-likeness (QED) is 0.785. The number of para-hydroxylation sites is 2. The summed E-state index contributed by atoms with van der Waals surface area (Å²) >= 11 is 0. The predicted octanol–water partition coefficient (Wildman–Crippen LogP) is 3.44. The molecule has 0 aliphatic carbocycles. The van der Waals surface area contributed by atoms with E-state index in [2.05, 4.69) is 34.5 Å². The van der Waals surface area contributed by atoms with Gasteiger partial charge >= 0.3 is 0 Å². The second-order valence-corrected chi connectivity index (χ2v) is 4.61. The predicted molar refractivity (Wildman–Crippen MR) is 79.8 cm³/mol. The molecule has 1 aromatic carbocycles. The summed E-state index contributed by atoms with van der Waals surface area (Å²) in [5.74, 6) is 0. The maximum atomic E-state index is 4.29. The monoisotopic (exact) mass is 264 g/mol. The smallest absolute Gasteiger partial charge is 0.0876 e. The number of nitrogens with zero attached hydrogens (tertiary/aromatic N) is 3. The lowest BCUT2D eigenvalue weighted by molar-refractivity contribution is 0.852. The minimum absolute atomic E-state index is 0.203. The third kappa shape index (κ3) is 2.54. The summed E-state index contributed by atoms with van der Waals surface area (Å²) in [6.45, 7) is 2.13. The molecule has 4 nitrogen and oxygen atoms in total. The lowest BCUT2D eigenvalue weighted by atomic mass is 10.1. The van der Waals surface area contributed by atoms with Crippen LogP contribution in [0.5, 0.6) is 0 Å². The van der Waals surface area contributed by atoms with Gasteiger partial charge < -0.3 is 5.32 Å². The van der Waals surface area contributed by atoms with E-state index < -0.39 is 0 Å². The molecule has 1 unspecified atom stereocenters. The Morgan fingerprint density at radius 2 is 1.80 bits per heavy atom. The largest absolute Gasteiger partial charge is 0.377 e. The highest BCUT2D eigenvalue weighted by Gasteiger charge is 2.09. The van der Waals surface area contributed by atoms with Gasteiger partial charge in [-0.1, -0.05) is 12.1 Å². The van der Waals surface area contributed by atoms with Gasteiger partial charge in [-0.15, -0.1) is 0 Å². The van der Waals surface area contributed by atoms with Crippen LogP contribution >= 0.6 is 0 Å². The molecular formula is C16H16N4. The lowest BCUT2D eigenvalue weighted by Gasteiger charge is -2.18. The van der Waals surface area contributed by atoms with E-state index in [1.54, 1.807) is 6.20 Å². The number of nitrogens with one attached hydrogen (secondary N) is 1. The van der Waals surface area contributed by atoms with Crippen LogP contribution in [0.4, 0.5) is 5.69 Å². The van der Waals surface area contributed by atoms with Gasteiger partial charge in [0.2, 0.25) is 0 Å². The number of aromatic nitrogens is 3. The molecule has 2 aromatic heterocycles. The summed E-state index contributed by atoms with van der Waals surface area (Å²) < 4.78 is 1.86. The molecule has 3 aromatic rings. The van der Waals surface area contributed by atoms with Crippen LogP contribution < -0.4 is 5.32 Å². The van der Waals surface area contributed by atoms with Gasteiger partial charge in [-0.3, -0.25) is 4.98 Å². The molecule has 0 spiro atoms. The fourth-order valence-corrected chi connectivity index (χ4v) is 2.18. The fraction of sp³-hybridized carbons (Fsp3) is 0.125. The molecular weight excluding hydrogens is 248 g/mol. The van der Waals surface area contributed by atoms with Crippen LogP contribution in [0.3, 0.4) is 0 Å². The van der Waals surface area contributed by atoms with E-state index in [-0.39, 0.29) is 6.04 Å². The fourth-order valence-electron chi connectivity index (χ4n) is 2.18. The molecule has 0 aliphatic heterocycles. The first kappa shape index (κ1) is 12.4. The molecule has 0 bridgehead atoms. The van der Waals surface area contributed by atoms with Crippen LogP contribution in [-0.4, -0.2) is 14.8 Å². The first-order chi connectivity index (χ1) is 9.84. The van der Waals surface area contributed by atoms with Crippen molar-refractivity contribution in [3.8, 4) is 5.69 Å². The van der Waals surface area contributed by atoms with E-state index in [1.807, 2.05) is 53.6 Å². The zero-order valence-electron chi connectivity index (χ0n) is 11.3. The number of anilines is 1. The van der Waals surface area contributed by atoms with Crippen molar-refractivity contribution in [2.24, 2.45) is 0 Å². The van der Waals surface area contributed by atoms with Gasteiger partial charge in [-0.2, -0.15) is 5.10 Å². The second kappa shape index (κ2) is 5.57. The topological polar surface area (TPSA) is 42.7 Å². The Morgan fingerprint density at radius 1 is 1.00 bits per heavy atom. The Balaban J connectivity index is 1.88. The summed E-state index contributed by atoms with van der Waals surface area (Å²) in [6, 6.07) is 14.3. The lowest BCUT2D eigenvalue weighted by Crippen LogP contribution is -2.09. The number of rotatable bonds is 4. The van der Waals surface area contributed by atoms with E-state index in [0.29, 0.717) is 0 Å². The van der Waals surface area contributed by atoms with E-state index in [0.717, 1.165) is 11.4 Å². The van der Waals surface area contributed by atoms with Crippen molar-refractivity contribution in [3.05, 3.63) is 72.8 Å². The summed E-state index contributed by atoms with van der Waals surface area (Å²) in [4.78, 5) is 4.05. The molecule has 0 amide bonds. The Hall–Kier alpha value is -2.62. The second-order valence-electron chi connectivity index (χ2n) is 4.61. The first-order valence-corrected chi connectivity index (χ1v) is 6.60. The third-order valence-corrected chi connectivity index (χ3v) is 3.23. The van der Waals surface area contributed by atoms with Gasteiger partial charge in [0.25, 0.3) is 0 Å². The van der Waals surface area contributed by atoms with Crippen molar-refractivity contribution < 1.29 is 0 Å². The van der Waals surface area contributed by atoms with Gasteiger partial charge in [0.05, 0.1) is 11.4 Å². The normalized spacial score (nSPS) is 12.1. The van der Waals surface area contributed by atoms with E-state index in [4.69, 9.17) is 0 Å². The van der Waals surface area contributed by atoms with Crippen molar-refractivity contribution in [2.45, 2.75) is 13.0 Å². The zero-order chi connectivity index (χ0) is 13.8. The number of hydrogen-bond donors (Lipinski definition) is 1. The molecule has 0 fully saturated rings. The van der Waals surface area contributed by atoms with Crippen LogP contribution in [0.25, 0.3) is 5.69 Å². The van der Waals surface area contributed by atoms with Crippen LogP contribution in [0.15, 0.2) is 67.3 Å². The van der Waals surface area contributed by atoms with Crippen molar-refractivity contribution in [1.82, 2.24) is 14.8 Å². The van der Waals surface area contributed by atoms with Crippen LogP contribution in [-0.2, 0) is 0 Å². The van der Waals surface area contributed by atoms with Crippen molar-refractivity contribution >= 4 is 5.69 Å². The Bertz CT molecular complexity index is 662. The van der Waals surface area contributed by atoms with Crippen LogP contribution in [0, 0.1) is 0 Å². The number of pyridine rings is 1. The molecule has 1 N–H and O–H groups in total. The van der Waals surface area contributed by atoms with E-state index in [9.17, 15) is 0 Å². The van der Waals surface area contributed by atoms with Gasteiger partial charge in [0, 0.05) is 30.8 Å². The summed E-state index contributed by atoms with van der Waals surface area (Å²) in [6.07, 6.45) is 7.35. The Morgan fingerprint density at radius 3 is 2.55 bits per heavy atom. The van der Waals surface area contributed by atoms with E-state index >= 15 is 0 Å². The summed E-state index contributed by atoms with van der Waals surface area (Å²) in [7, 11) is 0. The van der Waals surface area contributed by atoms with Gasteiger partial charge in [-0.05, 0) is 42.8 Å². The minimum Gasteiger partial charge on any atom is -0.377 e. The van der Waals surface area contributed by atoms with Crippen molar-refractivity contribution in [1.29, 1.82) is 0 Å². The van der Waals surface area contributed by atoms with Gasteiger partial charge in [0.1, 0.15) is 0 Å². The van der Waals surface area contributed by atoms with Gasteiger partial charge in [0.15, 0.2) is 0 Å². The molecule has 0 saturated carbocycles. The maximum Gasteiger partial charge on any atom is 0.0876 e. The zero-order valence-corrected chi connectivity index (χ0v) is 11.3. The Kier molecular flexibility index (Phi) is 3.46. The summed E-state index contributed by atoms with van der Waals surface area (Å²) in [5, 5.41) is 7.82. The highest BCUT2D eigenvalue weighted by molar-refractivity contribution is 5.61. The molecule has 0 radical (unpaired) electrons. The minimum atomic E-state index is 0.203. The molecule has 3 rings (SSSR count). The van der Waals surface area contributed by atoms with Crippen LogP contribution in [0.1, 0.15) is 18.5 Å². The maximum absolute atomic E-state index is 4.29. The molecule has 0 saturated heterocycles. The van der Waals surface area contributed by atoms with Crippen molar-refractivity contribution in [2.75, 3.05) is 5.32 Å². The standard InChI is InChI=1S/C16H16N4/c1-13(14-7-10-17-11-8-14)19-15-5-2-3-6-16(15)20-12-4-9-18-20/h2-13,19H,1H3. The molecule has 1 atom stereocenters. The highest BCUT2D eigenvalue weighted by atomic mass is 15.3. The molecule has 20 heavy (non-hydrogen) atoms. The number of hydrogen-bond acceptors (Lipinski definition) is 3. The highest BCUT2D eigenvalue weighted by Crippen LogP contribution is 2.24. The first-order valence-electron chi connectivity index (χ1n) is 6.60. The third-order valence-electron chi connectivity index (χ3n) is 3.23.